The summed E-state index contributed by atoms with van der Waals surface area (Å²) in [5.74, 6) is 2.60. The van der Waals surface area contributed by atoms with Gasteiger partial charge in [0, 0.05) is 0 Å². The Kier molecular flexibility index (Phi) is 8.67. The van der Waals surface area contributed by atoms with Gasteiger partial charge in [0.2, 0.25) is 6.33 Å². The first-order valence-electron chi connectivity index (χ1n) is 11.8. The normalized spacial score (nSPS) is 28.7. The Morgan fingerprint density at radius 1 is 1.16 bits per heavy atom. The molecule has 0 saturated heterocycles. The smallest absolute Gasteiger partial charge is 0.346 e. The monoisotopic (exact) mass is 427 g/mol. The van der Waals surface area contributed by atoms with Crippen molar-refractivity contribution in [3.05, 3.63) is 31.0 Å². The van der Waals surface area contributed by atoms with Gasteiger partial charge < -0.3 is 5.11 Å². The molecule has 0 bridgehead atoms. The number of nitrogens with zero attached hydrogens (tertiary/aromatic N) is 3. The van der Waals surface area contributed by atoms with Crippen LogP contribution in [0.25, 0.3) is 0 Å². The van der Waals surface area contributed by atoms with E-state index in [-0.39, 0.29) is 6.54 Å². The van der Waals surface area contributed by atoms with Crippen molar-refractivity contribution in [1.82, 2.24) is 4.57 Å². The number of aromatic nitrogens is 2. The second kappa shape index (κ2) is 11.4. The summed E-state index contributed by atoms with van der Waals surface area (Å²) in [4.78, 5) is 10.5. The summed E-state index contributed by atoms with van der Waals surface area (Å²) >= 11 is 0. The van der Waals surface area contributed by atoms with Gasteiger partial charge in [-0.1, -0.05) is 13.3 Å². The topological polar surface area (TPSA) is 69.4 Å². The zero-order valence-corrected chi connectivity index (χ0v) is 19.1. The fourth-order valence-electron chi connectivity index (χ4n) is 5.15. The number of carboxylic acid groups (broad SMARTS) is 1. The fourth-order valence-corrected chi connectivity index (χ4v) is 5.15. The predicted octanol–water partition coefficient (Wildman–Crippen LogP) is 2.50. The standard InChI is InChI=1S/C12H19BNO.C12H18N2O2/c1-10-2-3-11(8-10)9-14-6-4-12(13-15)5-7-14;1-10-2-3-11(6-10)7-13-4-5-14(9-13)8-12(15)16/h4,6-7,10-11,15H,2-3,5,8-9H2,1H3;4-5,9-11H,2-3,6-8H2,1H3/q+1;/p+1. The maximum Gasteiger partial charge on any atom is 0.346 e. The Morgan fingerprint density at radius 3 is 2.42 bits per heavy atom. The largest absolute Gasteiger partial charge is 0.478 e. The molecule has 2 N–H and O–H groups in total. The van der Waals surface area contributed by atoms with E-state index in [2.05, 4.69) is 35.4 Å². The molecule has 3 aliphatic rings. The maximum absolute atomic E-state index is 10.5. The van der Waals surface area contributed by atoms with Crippen molar-refractivity contribution < 1.29 is 24.1 Å². The van der Waals surface area contributed by atoms with Gasteiger partial charge in [-0.15, -0.1) is 0 Å². The van der Waals surface area contributed by atoms with Crippen LogP contribution >= 0.6 is 0 Å². The third-order valence-electron chi connectivity index (χ3n) is 6.82. The second-order valence-electron chi connectivity index (χ2n) is 9.85. The summed E-state index contributed by atoms with van der Waals surface area (Å²) in [6, 6.07) is 0. The number of carboxylic acids is 1. The molecule has 0 spiro atoms. The Morgan fingerprint density at radius 2 is 1.87 bits per heavy atom. The van der Waals surface area contributed by atoms with Crippen LogP contribution in [0.1, 0.15) is 58.8 Å². The van der Waals surface area contributed by atoms with Gasteiger partial charge in [-0.2, -0.15) is 0 Å². The molecule has 7 heteroatoms. The summed E-state index contributed by atoms with van der Waals surface area (Å²) in [6.07, 6.45) is 20.9. The van der Waals surface area contributed by atoms with Crippen LogP contribution < -0.4 is 4.57 Å². The first-order valence-corrected chi connectivity index (χ1v) is 11.8. The van der Waals surface area contributed by atoms with Crippen molar-refractivity contribution in [3.8, 4) is 0 Å². The quantitative estimate of drug-likeness (QED) is 0.542. The van der Waals surface area contributed by atoms with Crippen LogP contribution in [-0.2, 0) is 17.9 Å². The Labute approximate surface area is 186 Å². The van der Waals surface area contributed by atoms with Crippen LogP contribution in [0.2, 0.25) is 0 Å². The van der Waals surface area contributed by atoms with Gasteiger partial charge in [-0.05, 0) is 24.7 Å². The van der Waals surface area contributed by atoms with Crippen molar-refractivity contribution in [2.75, 3.05) is 6.54 Å². The van der Waals surface area contributed by atoms with Crippen LogP contribution in [0.3, 0.4) is 0 Å². The van der Waals surface area contributed by atoms with Gasteiger partial charge >= 0.3 is 97.6 Å². The van der Waals surface area contributed by atoms with E-state index in [1.165, 1.54) is 45.6 Å². The van der Waals surface area contributed by atoms with E-state index in [0.717, 1.165) is 48.6 Å². The van der Waals surface area contributed by atoms with Crippen LogP contribution in [-0.4, -0.2) is 50.6 Å². The number of rotatable bonds is 6. The third kappa shape index (κ3) is 7.78. The van der Waals surface area contributed by atoms with E-state index in [1.807, 2.05) is 24.8 Å². The van der Waals surface area contributed by atoms with Gasteiger partial charge in [0.15, 0.2) is 6.54 Å². The molecule has 0 radical (unpaired) electrons. The molecule has 1 aliphatic heterocycles. The molecule has 6 nitrogen and oxygen atoms in total. The molecule has 4 unspecified atom stereocenters. The number of carbonyl (C=O) groups is 1. The van der Waals surface area contributed by atoms with Crippen molar-refractivity contribution in [2.45, 2.75) is 71.9 Å². The van der Waals surface area contributed by atoms with Crippen molar-refractivity contribution in [2.24, 2.45) is 23.7 Å². The first-order chi connectivity index (χ1) is 14.9. The minimum absolute atomic E-state index is 0.0497. The van der Waals surface area contributed by atoms with E-state index in [1.54, 1.807) is 4.57 Å². The Hall–Kier alpha value is -2.18. The molecule has 2 heterocycles. The molecule has 1 aromatic heterocycles. The third-order valence-corrected chi connectivity index (χ3v) is 6.82. The second-order valence-corrected chi connectivity index (χ2v) is 9.85. The van der Waals surface area contributed by atoms with E-state index in [4.69, 9.17) is 10.1 Å². The fraction of sp³-hybridized carbons (Fsp3) is 0.667. The van der Waals surface area contributed by atoms with Crippen LogP contribution in [0.4, 0.5) is 0 Å². The summed E-state index contributed by atoms with van der Waals surface area (Å²) in [6.45, 7) is 6.88. The zero-order valence-electron chi connectivity index (χ0n) is 19.1. The molecular formula is C24H38BN3O3+2. The summed E-state index contributed by atoms with van der Waals surface area (Å²) in [5, 5.41) is 17.5. The Bertz CT molecular complexity index is 830. The molecule has 31 heavy (non-hydrogen) atoms. The average Bonchev–Trinajstić information content (AvgIpc) is 3.45. The van der Waals surface area contributed by atoms with Crippen molar-refractivity contribution >= 4 is 24.8 Å². The van der Waals surface area contributed by atoms with E-state index in [0.29, 0.717) is 0 Å². The van der Waals surface area contributed by atoms with E-state index in [9.17, 15) is 4.79 Å². The van der Waals surface area contributed by atoms with Crippen LogP contribution in [0.15, 0.2) is 31.0 Å². The van der Waals surface area contributed by atoms with Gasteiger partial charge in [-0.25, -0.2) is 13.9 Å². The minimum Gasteiger partial charge on any atom is -0.478 e. The number of allylic oxidation sites excluding steroid dienone is 1. The minimum atomic E-state index is -0.794. The first kappa shape index (κ1) is 23.5. The molecule has 2 fully saturated rings. The van der Waals surface area contributed by atoms with E-state index >= 15 is 0 Å². The number of aliphatic carboxylic acids is 1. The molecule has 0 aromatic carbocycles. The average molecular weight is 427 g/mol. The number of imidazole rings is 1. The molecular weight excluding hydrogens is 389 g/mol. The van der Waals surface area contributed by atoms with Gasteiger partial charge in [0.1, 0.15) is 12.4 Å². The van der Waals surface area contributed by atoms with Crippen molar-refractivity contribution in [3.63, 3.8) is 0 Å². The van der Waals surface area contributed by atoms with Crippen LogP contribution in [0.5, 0.6) is 0 Å². The molecule has 0 amide bonds. The molecule has 2 saturated carbocycles. The van der Waals surface area contributed by atoms with Crippen LogP contribution in [0, 0.1) is 23.7 Å². The zero-order chi connectivity index (χ0) is 22.2. The molecule has 168 valence electrons. The summed E-state index contributed by atoms with van der Waals surface area (Å²) in [7, 11) is 1.20. The molecule has 4 rings (SSSR count). The Balaban J connectivity index is 0.000000176. The molecule has 1 aromatic rings. The van der Waals surface area contributed by atoms with E-state index < -0.39 is 5.97 Å². The predicted molar refractivity (Wildman–Crippen MR) is 123 cm³/mol. The van der Waals surface area contributed by atoms with Gasteiger partial charge in [0.05, 0.1) is 6.54 Å². The SMILES string of the molecule is CC1CCC(C[N+]2=CCC(=BO)C=C2)C1.CC1CCC(Cn2cc[n+](CC(=O)O)c2)C1. The van der Waals surface area contributed by atoms with Gasteiger partial charge in [-0.3, -0.25) is 0 Å². The number of hydrogen-bond acceptors (Lipinski definition) is 2. The summed E-state index contributed by atoms with van der Waals surface area (Å²) in [5.41, 5.74) is 0.992. The van der Waals surface area contributed by atoms with Gasteiger partial charge in [0.25, 0.3) is 0 Å². The summed E-state index contributed by atoms with van der Waals surface area (Å²) < 4.78 is 6.09. The number of hydrogen-bond donors (Lipinski definition) is 2. The maximum atomic E-state index is 10.5. The molecule has 4 atom stereocenters. The van der Waals surface area contributed by atoms with Crippen molar-refractivity contribution in [1.29, 1.82) is 0 Å². The molecule has 2 aliphatic carbocycles.